The zero-order valence-electron chi connectivity index (χ0n) is 70.9. The molecule has 0 aliphatic rings. The van der Waals surface area contributed by atoms with Crippen LogP contribution in [-0.2, 0) is 0 Å². The first-order valence-electron chi connectivity index (χ1n) is 44.4. The Labute approximate surface area is 752 Å². The molecule has 0 aliphatic heterocycles. The molecule has 3 heteroatoms. The highest BCUT2D eigenvalue weighted by Crippen LogP contribution is 2.51. The molecule has 0 atom stereocenters. The number of nitrogens with zero attached hydrogens (tertiary/aromatic N) is 3. The molecule has 0 bridgehead atoms. The van der Waals surface area contributed by atoms with Crippen molar-refractivity contribution in [1.82, 2.24) is 4.57 Å². The molecular weight excluding hydrogens is 1560 g/mol. The Morgan fingerprint density at radius 2 is 0.411 bits per heavy atom. The van der Waals surface area contributed by atoms with Crippen molar-refractivity contribution >= 4 is 88.2 Å². The van der Waals surface area contributed by atoms with Gasteiger partial charge in [0.2, 0.25) is 0 Å². The summed E-state index contributed by atoms with van der Waals surface area (Å²) in [5.41, 5.74) is 37.7. The average Bonchev–Trinajstić information content (AvgIpc) is 1.73. The fourth-order valence-electron chi connectivity index (χ4n) is 19.8. The first kappa shape index (κ1) is 76.9. The number of anilines is 6. The van der Waals surface area contributed by atoms with E-state index in [1.807, 2.05) is 0 Å². The second-order valence-corrected chi connectivity index (χ2v) is 33.3. The molecule has 22 aromatic carbocycles. The van der Waals surface area contributed by atoms with Gasteiger partial charge >= 0.3 is 0 Å². The monoisotopic (exact) mass is 1640 g/mol. The fourth-order valence-corrected chi connectivity index (χ4v) is 19.8. The number of para-hydroxylation sites is 2. The first-order chi connectivity index (χ1) is 64.0. The molecule has 0 radical (unpaired) electrons. The molecule has 0 unspecified atom stereocenters. The topological polar surface area (TPSA) is 11.4 Å². The van der Waals surface area contributed by atoms with Crippen LogP contribution in [0.15, 0.2) is 516 Å². The van der Waals surface area contributed by atoms with Gasteiger partial charge in [0.1, 0.15) is 0 Å². The summed E-state index contributed by atoms with van der Waals surface area (Å²) < 4.78 is 2.40. The standard InChI is InChI=1S/C126H85N3/c1-5-32-86(33-6-1)106-48-17-21-55-120(106)125-112(89-36-9-3-10-37-89)58-30-60-114(125)91-64-70-98(71-65-91)127(103-45-27-43-95(83-103)108-57-29-42-88-40-13-15-47-105(88)108)100-74-68-93(69-75-100)122-85-97(82-94-41-14-16-50-109(94)122)111-81-80-110(116-51-19-20-52-117(111)116)96-44-28-46-104(84-96)128(101-76-78-102(79-77-101)129-123-62-25-23-53-118(123)119-54-24-26-63-124(119)129)99-72-66-92(67-73-99)115-61-31-59-113(90-38-11-4-12-39-90)126(115)121-56-22-18-49-107(121)87-34-7-2-8-35-87/h1-85H. The van der Waals surface area contributed by atoms with Crippen LogP contribution in [0.3, 0.4) is 0 Å². The van der Waals surface area contributed by atoms with Crippen molar-refractivity contribution in [2.45, 2.75) is 0 Å². The van der Waals surface area contributed by atoms with Gasteiger partial charge in [-0.3, -0.25) is 0 Å². The summed E-state index contributed by atoms with van der Waals surface area (Å²) in [7, 11) is 0. The van der Waals surface area contributed by atoms with Crippen molar-refractivity contribution in [3.05, 3.63) is 516 Å². The maximum absolute atomic E-state index is 2.42. The molecule has 0 aliphatic carbocycles. The summed E-state index contributed by atoms with van der Waals surface area (Å²) in [5.74, 6) is 0. The Balaban J connectivity index is 0.617. The zero-order valence-corrected chi connectivity index (χ0v) is 70.9. The summed E-state index contributed by atoms with van der Waals surface area (Å²) in [6.45, 7) is 0. The van der Waals surface area contributed by atoms with E-state index in [4.69, 9.17) is 0 Å². The third-order valence-electron chi connectivity index (χ3n) is 25.8. The molecule has 0 fully saturated rings. The van der Waals surface area contributed by atoms with Crippen LogP contribution in [-0.4, -0.2) is 4.57 Å². The van der Waals surface area contributed by atoms with Gasteiger partial charge in [-0.1, -0.05) is 406 Å². The van der Waals surface area contributed by atoms with Crippen molar-refractivity contribution < 1.29 is 0 Å². The van der Waals surface area contributed by atoms with Crippen LogP contribution in [0, 0.1) is 0 Å². The predicted octanol–water partition coefficient (Wildman–Crippen LogP) is 35.2. The molecule has 0 N–H and O–H groups in total. The van der Waals surface area contributed by atoms with E-state index in [9.17, 15) is 0 Å². The van der Waals surface area contributed by atoms with Gasteiger partial charge in [0.15, 0.2) is 0 Å². The average molecular weight is 1640 g/mol. The number of rotatable bonds is 19. The lowest BCUT2D eigenvalue weighted by molar-refractivity contribution is 1.17. The molecule has 23 rings (SSSR count). The minimum Gasteiger partial charge on any atom is -0.310 e. The predicted molar refractivity (Wildman–Crippen MR) is 548 cm³/mol. The van der Waals surface area contributed by atoms with Gasteiger partial charge in [-0.05, 0) is 275 Å². The minimum absolute atomic E-state index is 1.04. The van der Waals surface area contributed by atoms with Crippen LogP contribution < -0.4 is 9.80 Å². The van der Waals surface area contributed by atoms with E-state index >= 15 is 0 Å². The molecule has 0 saturated heterocycles. The third kappa shape index (κ3) is 14.4. The van der Waals surface area contributed by atoms with E-state index in [1.165, 1.54) is 138 Å². The lowest BCUT2D eigenvalue weighted by Gasteiger charge is -2.27. The smallest absolute Gasteiger partial charge is 0.0541 e. The number of hydrogen-bond donors (Lipinski definition) is 0. The van der Waals surface area contributed by atoms with E-state index < -0.39 is 0 Å². The van der Waals surface area contributed by atoms with E-state index in [2.05, 4.69) is 530 Å². The second kappa shape index (κ2) is 33.6. The molecule has 604 valence electrons. The molecule has 1 aromatic heterocycles. The van der Waals surface area contributed by atoms with Gasteiger partial charge in [0.25, 0.3) is 0 Å². The Bertz CT molecular complexity index is 8060. The van der Waals surface area contributed by atoms with Crippen LogP contribution in [0.2, 0.25) is 0 Å². The van der Waals surface area contributed by atoms with Crippen LogP contribution in [0.4, 0.5) is 34.1 Å². The largest absolute Gasteiger partial charge is 0.310 e. The number of aromatic nitrogens is 1. The summed E-state index contributed by atoms with van der Waals surface area (Å²) in [6, 6.07) is 190. The van der Waals surface area contributed by atoms with Crippen molar-refractivity contribution in [3.63, 3.8) is 0 Å². The lowest BCUT2D eigenvalue weighted by Crippen LogP contribution is -2.10. The van der Waals surface area contributed by atoms with E-state index in [1.54, 1.807) is 0 Å². The number of hydrogen-bond acceptors (Lipinski definition) is 2. The SMILES string of the molecule is c1ccc(-c2ccccc2-c2c(-c3ccccc3)cccc2-c2ccc(N(c3ccc(-c4cc(-c5ccc(-c6cccc(N(c7ccc(-c8cccc(-c9ccccc9)c8-c8ccccc8-c8ccccc8)cc7)c7ccc(-n8c9ccccc9c9ccccc98)cc7)c6)c6ccccc56)cc5ccccc45)cc3)c3cccc(-c4cccc5ccccc45)c3)cc2)cc1. The second-order valence-electron chi connectivity index (χ2n) is 33.3. The summed E-state index contributed by atoms with van der Waals surface area (Å²) >= 11 is 0. The van der Waals surface area contributed by atoms with E-state index in [0.29, 0.717) is 0 Å². The molecule has 0 amide bonds. The Hall–Kier alpha value is -17.0. The molecule has 0 spiro atoms. The highest BCUT2D eigenvalue weighted by atomic mass is 15.1. The van der Waals surface area contributed by atoms with Crippen LogP contribution >= 0.6 is 0 Å². The summed E-state index contributed by atoms with van der Waals surface area (Å²) in [4.78, 5) is 4.84. The van der Waals surface area contributed by atoms with Gasteiger partial charge in [0, 0.05) is 50.6 Å². The maximum Gasteiger partial charge on any atom is 0.0541 e. The van der Waals surface area contributed by atoms with Gasteiger partial charge < -0.3 is 14.4 Å². The van der Waals surface area contributed by atoms with Crippen LogP contribution in [0.1, 0.15) is 0 Å². The number of fused-ring (bicyclic) bond motifs is 6. The summed E-state index contributed by atoms with van der Waals surface area (Å²) in [6.07, 6.45) is 0. The molecular formula is C126H85N3. The van der Waals surface area contributed by atoms with E-state index in [-0.39, 0.29) is 0 Å². The highest BCUT2D eigenvalue weighted by Gasteiger charge is 2.25. The van der Waals surface area contributed by atoms with Gasteiger partial charge in [-0.2, -0.15) is 0 Å². The Morgan fingerprint density at radius 1 is 0.132 bits per heavy atom. The lowest BCUT2D eigenvalue weighted by atomic mass is 9.84. The maximum atomic E-state index is 2.42. The van der Waals surface area contributed by atoms with Gasteiger partial charge in [-0.25, -0.2) is 0 Å². The minimum atomic E-state index is 1.04. The van der Waals surface area contributed by atoms with Crippen molar-refractivity contribution in [2.24, 2.45) is 0 Å². The fraction of sp³-hybridized carbons (Fsp3) is 0. The first-order valence-corrected chi connectivity index (χ1v) is 44.4. The Kier molecular flexibility index (Phi) is 20.0. The molecule has 129 heavy (non-hydrogen) atoms. The van der Waals surface area contributed by atoms with Gasteiger partial charge in [0.05, 0.1) is 11.0 Å². The number of benzene rings is 22. The normalized spacial score (nSPS) is 11.4. The van der Waals surface area contributed by atoms with Crippen molar-refractivity contribution in [2.75, 3.05) is 9.80 Å². The quantitative estimate of drug-likeness (QED) is 0.0799. The molecule has 23 aromatic rings. The van der Waals surface area contributed by atoms with E-state index in [0.717, 1.165) is 89.9 Å². The van der Waals surface area contributed by atoms with Crippen molar-refractivity contribution in [3.8, 4) is 139 Å². The van der Waals surface area contributed by atoms with Crippen LogP contribution in [0.25, 0.3) is 193 Å². The molecule has 0 saturated carbocycles. The highest BCUT2D eigenvalue weighted by molar-refractivity contribution is 6.12. The molecule has 1 heterocycles. The molecule has 3 nitrogen and oxygen atoms in total. The van der Waals surface area contributed by atoms with Crippen LogP contribution in [0.5, 0.6) is 0 Å². The Morgan fingerprint density at radius 3 is 0.853 bits per heavy atom. The summed E-state index contributed by atoms with van der Waals surface area (Å²) in [5, 5.41) is 9.62. The third-order valence-corrected chi connectivity index (χ3v) is 25.8. The van der Waals surface area contributed by atoms with Crippen molar-refractivity contribution in [1.29, 1.82) is 0 Å². The van der Waals surface area contributed by atoms with Gasteiger partial charge in [-0.15, -0.1) is 0 Å². The zero-order chi connectivity index (χ0) is 85.5.